The maximum Gasteiger partial charge on any atom is 0.236 e. The maximum absolute atomic E-state index is 11.3. The van der Waals surface area contributed by atoms with Gasteiger partial charge in [0, 0.05) is 20.3 Å². The summed E-state index contributed by atoms with van der Waals surface area (Å²) in [4.78, 5) is 11.3. The lowest BCUT2D eigenvalue weighted by atomic mass is 10.3. The van der Waals surface area contributed by atoms with Gasteiger partial charge in [-0.3, -0.25) is 4.79 Å². The molecule has 1 amide bonds. The number of hydrogen-bond donors (Lipinski definition) is 2. The molecule has 90 valence electrons. The summed E-state index contributed by atoms with van der Waals surface area (Å²) in [6, 6.07) is -0.139. The third-order valence-corrected chi connectivity index (χ3v) is 2.02. The molecule has 0 aromatic carbocycles. The molecule has 1 atom stereocenters. The highest BCUT2D eigenvalue weighted by atomic mass is 16.5. The predicted molar refractivity (Wildman–Crippen MR) is 58.8 cm³/mol. The fourth-order valence-corrected chi connectivity index (χ4v) is 0.914. The number of amides is 1. The van der Waals surface area contributed by atoms with Crippen molar-refractivity contribution >= 4 is 5.91 Å². The zero-order chi connectivity index (χ0) is 11.5. The van der Waals surface area contributed by atoms with Gasteiger partial charge in [-0.25, -0.2) is 0 Å². The molecule has 0 saturated heterocycles. The number of methoxy groups -OCH3 is 1. The topological polar surface area (TPSA) is 59.6 Å². The second-order valence-electron chi connectivity index (χ2n) is 3.26. The van der Waals surface area contributed by atoms with Crippen LogP contribution in [-0.2, 0) is 14.3 Å². The Balaban J connectivity index is 3.20. The van der Waals surface area contributed by atoms with E-state index < -0.39 is 0 Å². The number of likely N-dealkylation sites (N-methyl/N-ethyl adjacent to an activating group) is 1. The molecule has 5 heteroatoms. The van der Waals surface area contributed by atoms with Crippen molar-refractivity contribution in [1.82, 2.24) is 10.6 Å². The molecule has 1 unspecified atom stereocenters. The van der Waals surface area contributed by atoms with E-state index in [2.05, 4.69) is 10.6 Å². The Bertz CT molecular complexity index is 165. The van der Waals surface area contributed by atoms with Crippen LogP contribution in [0.2, 0.25) is 0 Å². The quantitative estimate of drug-likeness (QED) is 0.525. The second-order valence-corrected chi connectivity index (χ2v) is 3.26. The van der Waals surface area contributed by atoms with E-state index in [1.807, 2.05) is 6.92 Å². The van der Waals surface area contributed by atoms with Crippen LogP contribution in [0.25, 0.3) is 0 Å². The largest absolute Gasteiger partial charge is 0.382 e. The summed E-state index contributed by atoms with van der Waals surface area (Å²) in [5.74, 6) is 0.0226. The molecule has 0 spiro atoms. The van der Waals surface area contributed by atoms with Gasteiger partial charge in [0.2, 0.25) is 5.91 Å². The summed E-state index contributed by atoms with van der Waals surface area (Å²) >= 11 is 0. The van der Waals surface area contributed by atoms with E-state index in [0.717, 1.165) is 6.42 Å². The molecule has 0 rings (SSSR count). The van der Waals surface area contributed by atoms with Crippen LogP contribution in [0.5, 0.6) is 0 Å². The first-order valence-electron chi connectivity index (χ1n) is 5.24. The van der Waals surface area contributed by atoms with Crippen molar-refractivity contribution in [3.8, 4) is 0 Å². The van der Waals surface area contributed by atoms with Gasteiger partial charge >= 0.3 is 0 Å². The van der Waals surface area contributed by atoms with Gasteiger partial charge in [0.05, 0.1) is 19.3 Å². The molecule has 0 aromatic rings. The van der Waals surface area contributed by atoms with Crippen molar-refractivity contribution in [2.75, 3.05) is 40.5 Å². The molecule has 2 N–H and O–H groups in total. The van der Waals surface area contributed by atoms with Crippen molar-refractivity contribution in [3.05, 3.63) is 0 Å². The lowest BCUT2D eigenvalue weighted by Gasteiger charge is -2.10. The Morgan fingerprint density at radius 3 is 2.67 bits per heavy atom. The van der Waals surface area contributed by atoms with Gasteiger partial charge in [0.15, 0.2) is 0 Å². The Hall–Kier alpha value is -0.650. The van der Waals surface area contributed by atoms with Crippen LogP contribution >= 0.6 is 0 Å². The van der Waals surface area contributed by atoms with Gasteiger partial charge in [-0.2, -0.15) is 0 Å². The molecule has 0 aliphatic carbocycles. The van der Waals surface area contributed by atoms with Crippen molar-refractivity contribution in [2.45, 2.75) is 19.4 Å². The highest BCUT2D eigenvalue weighted by molar-refractivity contribution is 5.81. The first-order chi connectivity index (χ1) is 7.22. The lowest BCUT2D eigenvalue weighted by Crippen LogP contribution is -2.40. The smallest absolute Gasteiger partial charge is 0.236 e. The molecule has 0 fully saturated rings. The number of carbonyl (C=O) groups is 1. The first kappa shape index (κ1) is 14.3. The van der Waals surface area contributed by atoms with Crippen LogP contribution in [0.3, 0.4) is 0 Å². The Morgan fingerprint density at radius 1 is 1.33 bits per heavy atom. The third kappa shape index (κ3) is 8.35. The predicted octanol–water partition coefficient (Wildman–Crippen LogP) is -0.236. The van der Waals surface area contributed by atoms with Crippen molar-refractivity contribution in [2.24, 2.45) is 0 Å². The van der Waals surface area contributed by atoms with Gasteiger partial charge in [-0.15, -0.1) is 0 Å². The van der Waals surface area contributed by atoms with Crippen LogP contribution in [0.4, 0.5) is 0 Å². The van der Waals surface area contributed by atoms with E-state index in [1.165, 1.54) is 0 Å². The molecule has 0 aromatic heterocycles. The minimum atomic E-state index is -0.139. The summed E-state index contributed by atoms with van der Waals surface area (Å²) in [5.41, 5.74) is 0. The monoisotopic (exact) mass is 218 g/mol. The second kappa shape index (κ2) is 9.89. The van der Waals surface area contributed by atoms with Gasteiger partial charge in [0.1, 0.15) is 0 Å². The van der Waals surface area contributed by atoms with Gasteiger partial charge in [-0.05, 0) is 20.4 Å². The average molecular weight is 218 g/mol. The molecular weight excluding hydrogens is 196 g/mol. The third-order valence-electron chi connectivity index (χ3n) is 2.02. The van der Waals surface area contributed by atoms with Crippen molar-refractivity contribution in [1.29, 1.82) is 0 Å². The molecule has 0 aliphatic rings. The molecular formula is C10H22N2O3. The van der Waals surface area contributed by atoms with E-state index in [1.54, 1.807) is 14.2 Å². The molecule has 0 bridgehead atoms. The molecule has 5 nitrogen and oxygen atoms in total. The van der Waals surface area contributed by atoms with Crippen LogP contribution in [0.15, 0.2) is 0 Å². The minimum Gasteiger partial charge on any atom is -0.382 e. The zero-order valence-electron chi connectivity index (χ0n) is 9.84. The first-order valence-corrected chi connectivity index (χ1v) is 5.24. The van der Waals surface area contributed by atoms with E-state index >= 15 is 0 Å². The fraction of sp³-hybridized carbons (Fsp3) is 0.900. The van der Waals surface area contributed by atoms with Crippen LogP contribution in [-0.4, -0.2) is 52.5 Å². The maximum atomic E-state index is 11.3. The Labute approximate surface area is 91.5 Å². The minimum absolute atomic E-state index is 0.0226. The number of hydrogen-bond acceptors (Lipinski definition) is 4. The molecule has 0 heterocycles. The summed E-state index contributed by atoms with van der Waals surface area (Å²) in [7, 11) is 3.40. The van der Waals surface area contributed by atoms with E-state index in [0.29, 0.717) is 26.4 Å². The summed E-state index contributed by atoms with van der Waals surface area (Å²) in [6.45, 7) is 4.35. The molecule has 0 aliphatic heterocycles. The molecule has 0 radical (unpaired) electrons. The lowest BCUT2D eigenvalue weighted by molar-refractivity contribution is -0.122. The molecule has 0 saturated carbocycles. The van der Waals surface area contributed by atoms with Crippen molar-refractivity contribution in [3.63, 3.8) is 0 Å². The highest BCUT2D eigenvalue weighted by Crippen LogP contribution is 1.84. The number of carbonyl (C=O) groups excluding carboxylic acids is 1. The normalized spacial score (nSPS) is 12.5. The summed E-state index contributed by atoms with van der Waals surface area (Å²) in [6.07, 6.45) is 0.825. The Kier molecular flexibility index (Phi) is 9.46. The SMILES string of the molecule is CNC(C)C(=O)NCCCOCCOC. The van der Waals surface area contributed by atoms with E-state index in [9.17, 15) is 4.79 Å². The summed E-state index contributed by atoms with van der Waals surface area (Å²) in [5, 5.41) is 5.69. The van der Waals surface area contributed by atoms with Gasteiger partial charge < -0.3 is 20.1 Å². The fourth-order valence-electron chi connectivity index (χ4n) is 0.914. The van der Waals surface area contributed by atoms with Crippen LogP contribution in [0.1, 0.15) is 13.3 Å². The summed E-state index contributed by atoms with van der Waals surface area (Å²) < 4.78 is 10.1. The number of nitrogens with one attached hydrogen (secondary N) is 2. The van der Waals surface area contributed by atoms with Crippen molar-refractivity contribution < 1.29 is 14.3 Å². The van der Waals surface area contributed by atoms with Crippen LogP contribution in [0, 0.1) is 0 Å². The Morgan fingerprint density at radius 2 is 2.07 bits per heavy atom. The average Bonchev–Trinajstić information content (AvgIpc) is 2.26. The van der Waals surface area contributed by atoms with Crippen LogP contribution < -0.4 is 10.6 Å². The van der Waals surface area contributed by atoms with Gasteiger partial charge in [0.25, 0.3) is 0 Å². The van der Waals surface area contributed by atoms with E-state index in [-0.39, 0.29) is 11.9 Å². The van der Waals surface area contributed by atoms with Gasteiger partial charge in [-0.1, -0.05) is 0 Å². The standard InChI is InChI=1S/C10H22N2O3/c1-9(11-2)10(13)12-5-4-6-15-8-7-14-3/h9,11H,4-8H2,1-3H3,(H,12,13). The molecule has 15 heavy (non-hydrogen) atoms. The zero-order valence-corrected chi connectivity index (χ0v) is 9.84. The highest BCUT2D eigenvalue weighted by Gasteiger charge is 2.07. The van der Waals surface area contributed by atoms with E-state index in [4.69, 9.17) is 9.47 Å². The number of rotatable bonds is 9. The number of ether oxygens (including phenoxy) is 2.